The molecule has 5 heteroatoms. The Hall–Kier alpha value is -1.94. The third kappa shape index (κ3) is 1.75. The van der Waals surface area contributed by atoms with Crippen molar-refractivity contribution in [1.82, 2.24) is 9.97 Å². The second-order valence-electron chi connectivity index (χ2n) is 4.22. The molecule has 1 aliphatic heterocycles. The first-order chi connectivity index (χ1) is 8.65. The number of benzene rings is 1. The molecule has 1 aromatic heterocycles. The van der Waals surface area contributed by atoms with Crippen LogP contribution in [0, 0.1) is 6.92 Å². The van der Waals surface area contributed by atoms with Gasteiger partial charge in [-0.3, -0.25) is 14.8 Å². The Morgan fingerprint density at radius 3 is 2.83 bits per heavy atom. The Labute approximate surface area is 109 Å². The van der Waals surface area contributed by atoms with Gasteiger partial charge in [0.25, 0.3) is 0 Å². The summed E-state index contributed by atoms with van der Waals surface area (Å²) in [7, 11) is 0. The molecule has 0 saturated heterocycles. The van der Waals surface area contributed by atoms with Crippen LogP contribution in [0.3, 0.4) is 0 Å². The number of fused-ring (bicyclic) bond motifs is 1. The molecule has 2 aromatic rings. The first-order valence-corrected chi connectivity index (χ1v) is 5.93. The maximum atomic E-state index is 11.5. The zero-order valence-electron chi connectivity index (χ0n) is 9.70. The van der Waals surface area contributed by atoms with E-state index in [4.69, 9.17) is 11.6 Å². The molecular weight excluding hydrogens is 250 g/mol. The molecule has 0 radical (unpaired) electrons. The van der Waals surface area contributed by atoms with Gasteiger partial charge < -0.3 is 5.32 Å². The van der Waals surface area contributed by atoms with Gasteiger partial charge in [0.1, 0.15) is 0 Å². The van der Waals surface area contributed by atoms with E-state index >= 15 is 0 Å². The number of nitrogens with zero attached hydrogens (tertiary/aromatic N) is 2. The first-order valence-electron chi connectivity index (χ1n) is 5.55. The van der Waals surface area contributed by atoms with E-state index < -0.39 is 0 Å². The molecule has 0 atom stereocenters. The molecule has 1 amide bonds. The van der Waals surface area contributed by atoms with Crippen LogP contribution in [0.4, 0.5) is 5.69 Å². The van der Waals surface area contributed by atoms with E-state index in [9.17, 15) is 4.79 Å². The highest BCUT2D eigenvalue weighted by atomic mass is 35.5. The van der Waals surface area contributed by atoms with E-state index in [1.54, 1.807) is 18.5 Å². The van der Waals surface area contributed by atoms with Crippen LogP contribution in [0.25, 0.3) is 11.3 Å². The fraction of sp³-hybridized carbons (Fsp3) is 0.154. The minimum Gasteiger partial charge on any atom is -0.324 e. The van der Waals surface area contributed by atoms with Crippen molar-refractivity contribution in [2.45, 2.75) is 13.3 Å². The quantitative estimate of drug-likeness (QED) is 0.856. The largest absolute Gasteiger partial charge is 0.324 e. The summed E-state index contributed by atoms with van der Waals surface area (Å²) in [5, 5.41) is 3.32. The van der Waals surface area contributed by atoms with Crippen LogP contribution in [-0.2, 0) is 11.2 Å². The van der Waals surface area contributed by atoms with Crippen molar-refractivity contribution in [2.24, 2.45) is 0 Å². The van der Waals surface area contributed by atoms with Crippen LogP contribution in [0.5, 0.6) is 0 Å². The molecule has 0 unspecified atom stereocenters. The maximum Gasteiger partial charge on any atom is 0.228 e. The summed E-state index contributed by atoms with van der Waals surface area (Å²) in [6.07, 6.45) is 3.75. The molecule has 4 nitrogen and oxygen atoms in total. The van der Waals surface area contributed by atoms with Crippen molar-refractivity contribution in [3.63, 3.8) is 0 Å². The summed E-state index contributed by atoms with van der Waals surface area (Å²) < 4.78 is 0. The van der Waals surface area contributed by atoms with Gasteiger partial charge in [0.05, 0.1) is 34.7 Å². The Kier molecular flexibility index (Phi) is 2.52. The number of nitrogens with one attached hydrogen (secondary N) is 1. The van der Waals surface area contributed by atoms with Gasteiger partial charge in [-0.2, -0.15) is 0 Å². The molecule has 0 fully saturated rings. The Morgan fingerprint density at radius 1 is 1.28 bits per heavy atom. The van der Waals surface area contributed by atoms with Gasteiger partial charge in [0.2, 0.25) is 5.91 Å². The summed E-state index contributed by atoms with van der Waals surface area (Å²) in [4.78, 5) is 20.0. The van der Waals surface area contributed by atoms with Crippen LogP contribution >= 0.6 is 11.6 Å². The molecule has 0 spiro atoms. The van der Waals surface area contributed by atoms with Crippen LogP contribution < -0.4 is 5.32 Å². The van der Waals surface area contributed by atoms with Gasteiger partial charge in [-0.25, -0.2) is 0 Å². The lowest BCUT2D eigenvalue weighted by molar-refractivity contribution is -0.115. The van der Waals surface area contributed by atoms with Crippen molar-refractivity contribution < 1.29 is 4.79 Å². The van der Waals surface area contributed by atoms with E-state index in [0.29, 0.717) is 17.1 Å². The van der Waals surface area contributed by atoms with Crippen molar-refractivity contribution in [3.05, 3.63) is 40.8 Å². The molecule has 0 bridgehead atoms. The number of aromatic nitrogens is 2. The average molecular weight is 260 g/mol. The topological polar surface area (TPSA) is 54.9 Å². The number of anilines is 1. The van der Waals surface area contributed by atoms with E-state index in [-0.39, 0.29) is 5.91 Å². The number of aryl methyl sites for hydroxylation is 1. The molecule has 1 aliphatic rings. The predicted octanol–water partition coefficient (Wildman–Crippen LogP) is 2.60. The minimum atomic E-state index is -0.0422. The lowest BCUT2D eigenvalue weighted by Crippen LogP contribution is -2.03. The second kappa shape index (κ2) is 4.07. The van der Waals surface area contributed by atoms with Crippen LogP contribution in [0.1, 0.15) is 11.3 Å². The molecule has 1 N–H and O–H groups in total. The molecule has 1 aromatic carbocycles. The van der Waals surface area contributed by atoms with Crippen molar-refractivity contribution in [3.8, 4) is 11.3 Å². The van der Waals surface area contributed by atoms with Crippen LogP contribution in [-0.4, -0.2) is 15.9 Å². The third-order valence-electron chi connectivity index (χ3n) is 2.92. The third-order valence-corrected chi connectivity index (χ3v) is 3.24. The smallest absolute Gasteiger partial charge is 0.228 e. The molecule has 3 rings (SSSR count). The number of hydrogen-bond acceptors (Lipinski definition) is 3. The highest BCUT2D eigenvalue weighted by molar-refractivity contribution is 6.34. The van der Waals surface area contributed by atoms with E-state index in [2.05, 4.69) is 15.3 Å². The van der Waals surface area contributed by atoms with E-state index in [1.807, 2.05) is 13.0 Å². The van der Waals surface area contributed by atoms with Gasteiger partial charge in [0, 0.05) is 11.8 Å². The highest BCUT2D eigenvalue weighted by Gasteiger charge is 2.24. The predicted molar refractivity (Wildman–Crippen MR) is 69.5 cm³/mol. The van der Waals surface area contributed by atoms with Gasteiger partial charge >= 0.3 is 0 Å². The lowest BCUT2D eigenvalue weighted by atomic mass is 10.0. The Morgan fingerprint density at radius 2 is 2.11 bits per heavy atom. The van der Waals surface area contributed by atoms with Gasteiger partial charge in [-0.1, -0.05) is 17.7 Å². The highest BCUT2D eigenvalue weighted by Crippen LogP contribution is 2.37. The average Bonchev–Trinajstić information content (AvgIpc) is 2.74. The number of carbonyl (C=O) groups is 1. The fourth-order valence-corrected chi connectivity index (χ4v) is 2.28. The van der Waals surface area contributed by atoms with E-state index in [1.165, 1.54) is 0 Å². The summed E-state index contributed by atoms with van der Waals surface area (Å²) >= 11 is 6.07. The van der Waals surface area contributed by atoms with Gasteiger partial charge in [-0.05, 0) is 18.6 Å². The standard InChI is InChI=1S/C13H10ClN3O/c1-7-5-16-11(6-15-7)8-2-3-10(14)13-9(8)4-12(18)17-13/h2-3,5-6H,4H2,1H3,(H,17,18). The zero-order valence-corrected chi connectivity index (χ0v) is 10.5. The van der Waals surface area contributed by atoms with Crippen molar-refractivity contribution >= 4 is 23.2 Å². The van der Waals surface area contributed by atoms with Crippen LogP contribution in [0.15, 0.2) is 24.5 Å². The Balaban J connectivity index is 2.17. The number of halogens is 1. The fourth-order valence-electron chi connectivity index (χ4n) is 2.05. The lowest BCUT2D eigenvalue weighted by Gasteiger charge is -2.08. The van der Waals surface area contributed by atoms with Crippen LogP contribution in [0.2, 0.25) is 5.02 Å². The minimum absolute atomic E-state index is 0.0422. The molecular formula is C13H10ClN3O. The Bertz CT molecular complexity index is 637. The number of hydrogen-bond donors (Lipinski definition) is 1. The maximum absolute atomic E-state index is 11.5. The normalized spacial score (nSPS) is 13.3. The summed E-state index contributed by atoms with van der Waals surface area (Å²) in [5.74, 6) is -0.0422. The first kappa shape index (κ1) is 11.2. The summed E-state index contributed by atoms with van der Waals surface area (Å²) in [5.41, 5.74) is 4.11. The molecule has 2 heterocycles. The SMILES string of the molecule is Cc1cnc(-c2ccc(Cl)c3c2CC(=O)N3)cn1. The monoisotopic (exact) mass is 259 g/mol. The summed E-state index contributed by atoms with van der Waals surface area (Å²) in [6, 6.07) is 3.64. The number of rotatable bonds is 1. The van der Waals surface area contributed by atoms with Gasteiger partial charge in [-0.15, -0.1) is 0 Å². The van der Waals surface area contributed by atoms with Gasteiger partial charge in [0.15, 0.2) is 0 Å². The zero-order chi connectivity index (χ0) is 12.7. The molecule has 90 valence electrons. The molecule has 0 saturated carbocycles. The second-order valence-corrected chi connectivity index (χ2v) is 4.62. The molecule has 18 heavy (non-hydrogen) atoms. The molecule has 0 aliphatic carbocycles. The number of amides is 1. The van der Waals surface area contributed by atoms with E-state index in [0.717, 1.165) is 22.5 Å². The number of carbonyl (C=O) groups excluding carboxylic acids is 1. The van der Waals surface area contributed by atoms with Crippen molar-refractivity contribution in [2.75, 3.05) is 5.32 Å². The summed E-state index contributed by atoms with van der Waals surface area (Å²) in [6.45, 7) is 1.88. The van der Waals surface area contributed by atoms with Crippen molar-refractivity contribution in [1.29, 1.82) is 0 Å².